The fourth-order valence-corrected chi connectivity index (χ4v) is 6.41. The minimum absolute atomic E-state index is 0.0399. The Morgan fingerprint density at radius 3 is 2.46 bits per heavy atom. The third-order valence-corrected chi connectivity index (χ3v) is 8.28. The molecule has 2 fully saturated rings. The van der Waals surface area contributed by atoms with Crippen LogP contribution in [-0.4, -0.2) is 71.7 Å². The van der Waals surface area contributed by atoms with E-state index in [4.69, 9.17) is 4.74 Å². The van der Waals surface area contributed by atoms with Gasteiger partial charge >= 0.3 is 0 Å². The van der Waals surface area contributed by atoms with E-state index in [2.05, 4.69) is 48.6 Å². The molecule has 3 heterocycles. The van der Waals surface area contributed by atoms with Crippen LogP contribution in [0, 0.1) is 5.92 Å². The maximum absolute atomic E-state index is 13.7. The van der Waals surface area contributed by atoms with Gasteiger partial charge in [-0.15, -0.1) is 0 Å². The summed E-state index contributed by atoms with van der Waals surface area (Å²) in [6.07, 6.45) is 2.70. The van der Waals surface area contributed by atoms with Crippen molar-refractivity contribution >= 4 is 17.5 Å². The second-order valence-corrected chi connectivity index (χ2v) is 10.8. The SMILES string of the molecule is CC1CC(OC2CC(C(=O)NO)C(C(=O)N3CCC(c4ccccc4)CC3)N(C)C2)c2ccccc2N1. The number of likely N-dealkylation sites (tertiary alicyclic amines) is 2. The van der Waals surface area contributed by atoms with Crippen molar-refractivity contribution in [2.24, 2.45) is 5.92 Å². The predicted molar refractivity (Wildman–Crippen MR) is 141 cm³/mol. The van der Waals surface area contributed by atoms with Crippen molar-refractivity contribution in [3.8, 4) is 0 Å². The van der Waals surface area contributed by atoms with E-state index in [9.17, 15) is 14.8 Å². The average Bonchev–Trinajstić information content (AvgIpc) is 2.92. The summed E-state index contributed by atoms with van der Waals surface area (Å²) in [4.78, 5) is 30.4. The molecule has 0 spiro atoms. The lowest BCUT2D eigenvalue weighted by molar-refractivity contribution is -0.156. The summed E-state index contributed by atoms with van der Waals surface area (Å²) in [6.45, 7) is 4.02. The molecule has 5 rings (SSSR count). The third kappa shape index (κ3) is 5.51. The number of anilines is 1. The van der Waals surface area contributed by atoms with Gasteiger partial charge in [0.15, 0.2) is 0 Å². The number of nitrogens with one attached hydrogen (secondary N) is 2. The number of ether oxygens (including phenoxy) is 1. The van der Waals surface area contributed by atoms with Crippen LogP contribution in [0.25, 0.3) is 0 Å². The van der Waals surface area contributed by atoms with E-state index >= 15 is 0 Å². The number of fused-ring (bicyclic) bond motifs is 1. The van der Waals surface area contributed by atoms with Crippen LogP contribution < -0.4 is 10.8 Å². The quantitative estimate of drug-likeness (QED) is 0.424. The number of carbonyl (C=O) groups excluding carboxylic acids is 2. The molecule has 3 N–H and O–H groups in total. The molecule has 2 amide bonds. The van der Waals surface area contributed by atoms with Gasteiger partial charge in [0.05, 0.1) is 18.1 Å². The van der Waals surface area contributed by atoms with Crippen molar-refractivity contribution in [1.29, 1.82) is 0 Å². The van der Waals surface area contributed by atoms with E-state index < -0.39 is 17.9 Å². The van der Waals surface area contributed by atoms with Crippen molar-refractivity contribution in [2.75, 3.05) is 32.0 Å². The molecule has 0 aliphatic carbocycles. The van der Waals surface area contributed by atoms with Crippen molar-refractivity contribution in [1.82, 2.24) is 15.3 Å². The number of hydrogen-bond donors (Lipinski definition) is 3. The average molecular weight is 507 g/mol. The first kappa shape index (κ1) is 25.7. The van der Waals surface area contributed by atoms with E-state index in [1.165, 1.54) is 5.56 Å². The highest BCUT2D eigenvalue weighted by Gasteiger charge is 2.45. The molecular formula is C29H38N4O4. The largest absolute Gasteiger partial charge is 0.382 e. The van der Waals surface area contributed by atoms with Crippen LogP contribution in [0.5, 0.6) is 0 Å². The first-order valence-corrected chi connectivity index (χ1v) is 13.4. The summed E-state index contributed by atoms with van der Waals surface area (Å²) in [5.74, 6) is -0.819. The maximum Gasteiger partial charge on any atom is 0.248 e. The van der Waals surface area contributed by atoms with Gasteiger partial charge in [0, 0.05) is 36.9 Å². The van der Waals surface area contributed by atoms with E-state index in [0.29, 0.717) is 32.0 Å². The standard InChI is InChI=1S/C29H38N4O4/c1-19-16-26(23-10-6-7-11-25(23)30-19)37-22-17-24(28(34)31-36)27(32(2)18-22)29(35)33-14-12-21(13-15-33)20-8-4-3-5-9-20/h3-11,19,21-22,24,26-27,30,36H,12-18H2,1-2H3,(H,31,34). The van der Waals surface area contributed by atoms with E-state index in [1.807, 2.05) is 40.5 Å². The number of nitrogens with zero attached hydrogens (tertiary/aromatic N) is 2. The fraction of sp³-hybridized carbons (Fsp3) is 0.517. The molecule has 0 aromatic heterocycles. The lowest BCUT2D eigenvalue weighted by Crippen LogP contribution is -2.60. The van der Waals surface area contributed by atoms with Gasteiger partial charge in [-0.05, 0) is 57.2 Å². The van der Waals surface area contributed by atoms with Crippen molar-refractivity contribution in [2.45, 2.75) is 62.8 Å². The molecule has 0 saturated carbocycles. The number of hydroxylamine groups is 1. The van der Waals surface area contributed by atoms with Crippen LogP contribution >= 0.6 is 0 Å². The predicted octanol–water partition coefficient (Wildman–Crippen LogP) is 3.55. The minimum Gasteiger partial charge on any atom is -0.382 e. The Hall–Kier alpha value is -2.94. The zero-order valence-corrected chi connectivity index (χ0v) is 21.7. The summed E-state index contributed by atoms with van der Waals surface area (Å²) < 4.78 is 6.59. The van der Waals surface area contributed by atoms with E-state index in [0.717, 1.165) is 30.5 Å². The van der Waals surface area contributed by atoms with Gasteiger partial charge in [-0.25, -0.2) is 5.48 Å². The molecule has 8 nitrogen and oxygen atoms in total. The van der Waals surface area contributed by atoms with Gasteiger partial charge in [0.2, 0.25) is 11.8 Å². The normalized spacial score (nSPS) is 28.7. The minimum atomic E-state index is -0.692. The summed E-state index contributed by atoms with van der Waals surface area (Å²) in [6, 6.07) is 18.3. The summed E-state index contributed by atoms with van der Waals surface area (Å²) in [7, 11) is 1.88. The van der Waals surface area contributed by atoms with Crippen LogP contribution in [0.2, 0.25) is 0 Å². The smallest absolute Gasteiger partial charge is 0.248 e. The summed E-state index contributed by atoms with van der Waals surface area (Å²) >= 11 is 0. The van der Waals surface area contributed by atoms with Gasteiger partial charge < -0.3 is 15.0 Å². The molecule has 2 saturated heterocycles. The van der Waals surface area contributed by atoms with Gasteiger partial charge in [0.1, 0.15) is 6.04 Å². The second-order valence-electron chi connectivity index (χ2n) is 10.8. The van der Waals surface area contributed by atoms with Gasteiger partial charge in [0.25, 0.3) is 0 Å². The number of amides is 2. The molecule has 5 unspecified atom stereocenters. The van der Waals surface area contributed by atoms with Crippen LogP contribution in [-0.2, 0) is 14.3 Å². The van der Waals surface area contributed by atoms with Crippen molar-refractivity contribution in [3.05, 3.63) is 65.7 Å². The Bertz CT molecular complexity index is 1090. The molecule has 0 bridgehead atoms. The van der Waals surface area contributed by atoms with Gasteiger partial charge in [-0.1, -0.05) is 48.5 Å². The molecular weight excluding hydrogens is 468 g/mol. The van der Waals surface area contributed by atoms with Crippen molar-refractivity contribution in [3.63, 3.8) is 0 Å². The number of carbonyl (C=O) groups is 2. The van der Waals surface area contributed by atoms with Gasteiger partial charge in [-0.2, -0.15) is 0 Å². The Kier molecular flexibility index (Phi) is 7.79. The molecule has 8 heteroatoms. The molecule has 5 atom stereocenters. The number of hydrogen-bond acceptors (Lipinski definition) is 6. The molecule has 3 aliphatic rings. The van der Waals surface area contributed by atoms with Gasteiger partial charge in [-0.3, -0.25) is 19.7 Å². The zero-order valence-electron chi connectivity index (χ0n) is 21.7. The molecule has 3 aliphatic heterocycles. The summed E-state index contributed by atoms with van der Waals surface area (Å²) in [5.41, 5.74) is 5.32. The number of piperidine rings is 2. The molecule has 2 aromatic rings. The topological polar surface area (TPSA) is 94.1 Å². The first-order valence-electron chi connectivity index (χ1n) is 13.4. The van der Waals surface area contributed by atoms with Crippen LogP contribution in [0.1, 0.15) is 55.8 Å². The Morgan fingerprint density at radius 2 is 1.73 bits per heavy atom. The number of para-hydroxylation sites is 1. The molecule has 0 radical (unpaired) electrons. The van der Waals surface area contributed by atoms with Crippen LogP contribution in [0.15, 0.2) is 54.6 Å². The molecule has 198 valence electrons. The highest BCUT2D eigenvalue weighted by molar-refractivity contribution is 5.90. The summed E-state index contributed by atoms with van der Waals surface area (Å²) in [5, 5.41) is 13.0. The molecule has 2 aromatic carbocycles. The Labute approximate surface area is 218 Å². The lowest BCUT2D eigenvalue weighted by atomic mass is 9.84. The first-order chi connectivity index (χ1) is 17.9. The zero-order chi connectivity index (χ0) is 25.9. The Balaban J connectivity index is 1.27. The number of benzene rings is 2. The van der Waals surface area contributed by atoms with Crippen LogP contribution in [0.3, 0.4) is 0 Å². The highest BCUT2D eigenvalue weighted by atomic mass is 16.5. The lowest BCUT2D eigenvalue weighted by Gasteiger charge is -2.45. The molecule has 37 heavy (non-hydrogen) atoms. The third-order valence-electron chi connectivity index (χ3n) is 8.28. The highest BCUT2D eigenvalue weighted by Crippen LogP contribution is 2.38. The fourth-order valence-electron chi connectivity index (χ4n) is 6.41. The van der Waals surface area contributed by atoms with Crippen LogP contribution in [0.4, 0.5) is 5.69 Å². The monoisotopic (exact) mass is 506 g/mol. The Morgan fingerprint density at radius 1 is 1.03 bits per heavy atom. The maximum atomic E-state index is 13.7. The van der Waals surface area contributed by atoms with E-state index in [-0.39, 0.29) is 24.2 Å². The van der Waals surface area contributed by atoms with E-state index in [1.54, 1.807) is 0 Å². The van der Waals surface area contributed by atoms with Crippen molar-refractivity contribution < 1.29 is 19.5 Å². The number of rotatable bonds is 5. The number of likely N-dealkylation sites (N-methyl/N-ethyl adjacent to an activating group) is 1. The second kappa shape index (κ2) is 11.2.